The monoisotopic (exact) mass is 585 g/mol. The highest BCUT2D eigenvalue weighted by molar-refractivity contribution is 5.83. The summed E-state index contributed by atoms with van der Waals surface area (Å²) in [7, 11) is 1.73. The SMILES string of the molecule is CNc1ncnc(NC(C)c2oc3cccc(F)c3c(=O)c2-c2cccc(F)c2)c1C(N)c1ccc(OC(C)C)c(C)c1. The first kappa shape index (κ1) is 29.7. The highest BCUT2D eigenvalue weighted by Crippen LogP contribution is 2.36. The molecule has 0 aliphatic heterocycles. The van der Waals surface area contributed by atoms with Gasteiger partial charge in [-0.3, -0.25) is 4.79 Å². The van der Waals surface area contributed by atoms with Crippen LogP contribution < -0.4 is 26.5 Å². The van der Waals surface area contributed by atoms with Crippen LogP contribution in [0.25, 0.3) is 22.1 Å². The minimum atomic E-state index is -0.723. The lowest BCUT2D eigenvalue weighted by Gasteiger charge is -2.23. The maximum atomic E-state index is 14.8. The van der Waals surface area contributed by atoms with Crippen LogP contribution in [0, 0.1) is 18.6 Å². The lowest BCUT2D eigenvalue weighted by atomic mass is 9.97. The van der Waals surface area contributed by atoms with Gasteiger partial charge < -0.3 is 25.5 Å². The number of benzene rings is 3. The Hall–Kier alpha value is -4.83. The quantitative estimate of drug-likeness (QED) is 0.171. The van der Waals surface area contributed by atoms with Crippen molar-refractivity contribution >= 4 is 22.6 Å². The first-order chi connectivity index (χ1) is 20.6. The highest BCUT2D eigenvalue weighted by Gasteiger charge is 2.26. The van der Waals surface area contributed by atoms with E-state index in [1.165, 1.54) is 42.7 Å². The number of hydrogen-bond acceptors (Lipinski definition) is 8. The maximum Gasteiger partial charge on any atom is 0.203 e. The van der Waals surface area contributed by atoms with E-state index in [2.05, 4.69) is 20.6 Å². The summed E-state index contributed by atoms with van der Waals surface area (Å²) in [6.07, 6.45) is 1.42. The average Bonchev–Trinajstić information content (AvgIpc) is 2.97. The Balaban J connectivity index is 1.61. The van der Waals surface area contributed by atoms with E-state index < -0.39 is 29.1 Å². The fourth-order valence-electron chi connectivity index (χ4n) is 5.13. The molecule has 10 heteroatoms. The predicted octanol–water partition coefficient (Wildman–Crippen LogP) is 6.89. The van der Waals surface area contributed by atoms with Gasteiger partial charge in [0, 0.05) is 7.05 Å². The fourth-order valence-corrected chi connectivity index (χ4v) is 5.13. The van der Waals surface area contributed by atoms with E-state index in [1.54, 1.807) is 20.0 Å². The molecular formula is C33H33F2N5O3. The maximum absolute atomic E-state index is 14.8. The Kier molecular flexibility index (Phi) is 8.40. The molecule has 2 heterocycles. The molecule has 0 aliphatic rings. The lowest BCUT2D eigenvalue weighted by Crippen LogP contribution is -2.21. The van der Waals surface area contributed by atoms with Crippen LogP contribution in [0.1, 0.15) is 55.3 Å². The van der Waals surface area contributed by atoms with Crippen molar-refractivity contribution in [3.05, 3.63) is 111 Å². The zero-order chi connectivity index (χ0) is 30.8. The molecule has 5 aromatic rings. The van der Waals surface area contributed by atoms with Crippen LogP contribution in [-0.2, 0) is 0 Å². The number of aromatic nitrogens is 2. The lowest BCUT2D eigenvalue weighted by molar-refractivity contribution is 0.240. The van der Waals surface area contributed by atoms with Gasteiger partial charge in [0.1, 0.15) is 52.1 Å². The van der Waals surface area contributed by atoms with Crippen molar-refractivity contribution in [3.8, 4) is 16.9 Å². The van der Waals surface area contributed by atoms with Gasteiger partial charge in [0.25, 0.3) is 0 Å². The Morgan fingerprint density at radius 3 is 2.42 bits per heavy atom. The number of aryl methyl sites for hydroxylation is 1. The number of halogens is 2. The number of ether oxygens (including phenoxy) is 1. The summed E-state index contributed by atoms with van der Waals surface area (Å²) in [6.45, 7) is 7.65. The molecule has 0 fully saturated rings. The molecule has 0 radical (unpaired) electrons. The normalized spacial score (nSPS) is 12.8. The summed E-state index contributed by atoms with van der Waals surface area (Å²) >= 11 is 0. The molecule has 2 aromatic heterocycles. The molecule has 0 spiro atoms. The highest BCUT2D eigenvalue weighted by atomic mass is 19.1. The number of nitrogens with one attached hydrogen (secondary N) is 2. The molecular weight excluding hydrogens is 552 g/mol. The average molecular weight is 586 g/mol. The second-order valence-electron chi connectivity index (χ2n) is 10.6. The van der Waals surface area contributed by atoms with E-state index in [0.717, 1.165) is 16.9 Å². The molecule has 222 valence electrons. The van der Waals surface area contributed by atoms with Gasteiger partial charge in [0.15, 0.2) is 0 Å². The molecule has 0 saturated carbocycles. The van der Waals surface area contributed by atoms with E-state index >= 15 is 0 Å². The zero-order valence-electron chi connectivity index (χ0n) is 24.5. The van der Waals surface area contributed by atoms with Crippen LogP contribution in [0.15, 0.2) is 76.2 Å². The standard InChI is InChI=1S/C33H33F2N5O3/c1-17(2)42-24-13-12-21(14-18(24)3)29(36)28-32(37-5)38-16-39-33(28)40-19(4)31-26(20-8-6-9-22(34)15-20)30(41)27-23(35)10-7-11-25(27)43-31/h6-17,19,29H,36H2,1-5H3,(H2,37,38,39,40). The molecule has 3 aromatic carbocycles. The third kappa shape index (κ3) is 5.91. The van der Waals surface area contributed by atoms with Gasteiger partial charge in [-0.15, -0.1) is 0 Å². The molecule has 2 unspecified atom stereocenters. The van der Waals surface area contributed by atoms with Crippen molar-refractivity contribution in [2.75, 3.05) is 17.7 Å². The first-order valence-electron chi connectivity index (χ1n) is 13.9. The number of hydrogen-bond donors (Lipinski definition) is 3. The van der Waals surface area contributed by atoms with Crippen LogP contribution in [0.5, 0.6) is 5.75 Å². The van der Waals surface area contributed by atoms with Gasteiger partial charge in [-0.2, -0.15) is 0 Å². The fraction of sp³-hybridized carbons (Fsp3) is 0.242. The van der Waals surface area contributed by atoms with Crippen LogP contribution in [0.2, 0.25) is 0 Å². The summed E-state index contributed by atoms with van der Waals surface area (Å²) in [4.78, 5) is 22.6. The van der Waals surface area contributed by atoms with Crippen LogP contribution in [0.4, 0.5) is 20.4 Å². The van der Waals surface area contributed by atoms with Crippen LogP contribution in [0.3, 0.4) is 0 Å². The number of nitrogens with zero attached hydrogens (tertiary/aromatic N) is 2. The number of rotatable bonds is 9. The van der Waals surface area contributed by atoms with E-state index in [9.17, 15) is 13.6 Å². The van der Waals surface area contributed by atoms with Crippen molar-refractivity contribution in [1.29, 1.82) is 0 Å². The topological polar surface area (TPSA) is 115 Å². The number of nitrogens with two attached hydrogens (primary N) is 1. The Bertz CT molecular complexity index is 1860. The number of anilines is 2. The van der Waals surface area contributed by atoms with Gasteiger partial charge in [-0.05, 0) is 74.7 Å². The summed E-state index contributed by atoms with van der Waals surface area (Å²) in [5, 5.41) is 6.19. The van der Waals surface area contributed by atoms with Gasteiger partial charge in [-0.25, -0.2) is 18.7 Å². The van der Waals surface area contributed by atoms with Crippen molar-refractivity contribution in [2.45, 2.75) is 45.9 Å². The van der Waals surface area contributed by atoms with Crippen molar-refractivity contribution in [3.63, 3.8) is 0 Å². The molecule has 43 heavy (non-hydrogen) atoms. The summed E-state index contributed by atoms with van der Waals surface area (Å²) in [5.74, 6) is 0.586. The number of fused-ring (bicyclic) bond motifs is 1. The minimum absolute atomic E-state index is 0.0258. The summed E-state index contributed by atoms with van der Waals surface area (Å²) in [5.41, 5.74) is 8.91. The predicted molar refractivity (Wildman–Crippen MR) is 164 cm³/mol. The zero-order valence-corrected chi connectivity index (χ0v) is 24.5. The third-order valence-corrected chi connectivity index (χ3v) is 7.11. The Labute approximate surface area is 247 Å². The van der Waals surface area contributed by atoms with E-state index in [0.29, 0.717) is 17.2 Å². The molecule has 0 bridgehead atoms. The molecule has 0 amide bonds. The Morgan fingerprint density at radius 1 is 0.977 bits per heavy atom. The van der Waals surface area contributed by atoms with Crippen molar-refractivity contribution in [2.24, 2.45) is 5.73 Å². The van der Waals surface area contributed by atoms with E-state index in [1.807, 2.05) is 39.0 Å². The molecule has 4 N–H and O–H groups in total. The van der Waals surface area contributed by atoms with Gasteiger partial charge in [-0.1, -0.05) is 30.3 Å². The first-order valence-corrected chi connectivity index (χ1v) is 13.9. The molecule has 0 aliphatic carbocycles. The van der Waals surface area contributed by atoms with E-state index in [4.69, 9.17) is 14.9 Å². The van der Waals surface area contributed by atoms with Crippen LogP contribution in [-0.4, -0.2) is 23.1 Å². The van der Waals surface area contributed by atoms with E-state index in [-0.39, 0.29) is 34.0 Å². The summed E-state index contributed by atoms with van der Waals surface area (Å²) < 4.78 is 41.1. The molecule has 0 saturated heterocycles. The van der Waals surface area contributed by atoms with Gasteiger partial charge in [0.2, 0.25) is 5.43 Å². The smallest absolute Gasteiger partial charge is 0.203 e. The van der Waals surface area contributed by atoms with Crippen LogP contribution >= 0.6 is 0 Å². The van der Waals surface area contributed by atoms with Crippen molar-refractivity contribution in [1.82, 2.24) is 9.97 Å². The van der Waals surface area contributed by atoms with Gasteiger partial charge >= 0.3 is 0 Å². The second kappa shape index (κ2) is 12.2. The second-order valence-corrected chi connectivity index (χ2v) is 10.6. The third-order valence-electron chi connectivity index (χ3n) is 7.11. The Morgan fingerprint density at radius 2 is 1.72 bits per heavy atom. The largest absolute Gasteiger partial charge is 0.491 e. The molecule has 5 rings (SSSR count). The molecule has 2 atom stereocenters. The van der Waals surface area contributed by atoms with Crippen molar-refractivity contribution < 1.29 is 17.9 Å². The molecule has 8 nitrogen and oxygen atoms in total. The minimum Gasteiger partial charge on any atom is -0.491 e. The van der Waals surface area contributed by atoms with Gasteiger partial charge in [0.05, 0.1) is 29.3 Å². The summed E-state index contributed by atoms with van der Waals surface area (Å²) in [6, 6.07) is 14.1.